The third-order valence-electron chi connectivity index (χ3n) is 3.58. The normalized spacial score (nSPS) is 18.2. The molecule has 0 aromatic heterocycles. The molecule has 21 heavy (non-hydrogen) atoms. The minimum absolute atomic E-state index is 0.00437. The van der Waals surface area contributed by atoms with Gasteiger partial charge in [0.25, 0.3) is 5.69 Å². The van der Waals surface area contributed by atoms with E-state index in [-0.39, 0.29) is 5.69 Å². The number of nitro groups is 1. The van der Waals surface area contributed by atoms with Crippen molar-refractivity contribution in [1.82, 2.24) is 5.32 Å². The highest BCUT2D eigenvalue weighted by Crippen LogP contribution is 2.28. The Kier molecular flexibility index (Phi) is 5.80. The van der Waals surface area contributed by atoms with Crippen molar-refractivity contribution in [3.8, 4) is 11.5 Å². The fraction of sp³-hybridized carbons (Fsp3) is 0.600. The summed E-state index contributed by atoms with van der Waals surface area (Å²) in [7, 11) is 0. The van der Waals surface area contributed by atoms with E-state index in [9.17, 15) is 10.1 Å². The number of benzene rings is 1. The summed E-state index contributed by atoms with van der Waals surface area (Å²) >= 11 is 0. The number of hydrogen-bond acceptors (Lipinski definition) is 5. The summed E-state index contributed by atoms with van der Waals surface area (Å²) in [6, 6.07) is 4.57. The van der Waals surface area contributed by atoms with Gasteiger partial charge < -0.3 is 14.8 Å². The molecule has 1 aromatic carbocycles. The zero-order valence-electron chi connectivity index (χ0n) is 12.3. The third kappa shape index (κ3) is 4.90. The molecule has 1 atom stereocenters. The molecule has 1 aliphatic rings. The monoisotopic (exact) mass is 294 g/mol. The lowest BCUT2D eigenvalue weighted by molar-refractivity contribution is -0.385. The Morgan fingerprint density at radius 1 is 1.33 bits per heavy atom. The van der Waals surface area contributed by atoms with Gasteiger partial charge in [-0.15, -0.1) is 0 Å². The van der Waals surface area contributed by atoms with Gasteiger partial charge in [0, 0.05) is 6.07 Å². The second kappa shape index (κ2) is 7.83. The maximum atomic E-state index is 10.9. The molecule has 0 bridgehead atoms. The van der Waals surface area contributed by atoms with Gasteiger partial charge in [0.2, 0.25) is 0 Å². The van der Waals surface area contributed by atoms with Gasteiger partial charge in [-0.05, 0) is 45.2 Å². The Hall–Kier alpha value is -1.82. The number of nitrogens with one attached hydrogen (secondary N) is 1. The molecule has 0 spiro atoms. The molecule has 116 valence electrons. The van der Waals surface area contributed by atoms with Crippen molar-refractivity contribution in [2.45, 2.75) is 26.2 Å². The minimum atomic E-state index is -0.430. The van der Waals surface area contributed by atoms with Gasteiger partial charge in [0.1, 0.15) is 11.5 Å². The van der Waals surface area contributed by atoms with E-state index in [2.05, 4.69) is 5.32 Å². The summed E-state index contributed by atoms with van der Waals surface area (Å²) in [4.78, 5) is 10.5. The predicted molar refractivity (Wildman–Crippen MR) is 80.0 cm³/mol. The van der Waals surface area contributed by atoms with E-state index < -0.39 is 4.92 Å². The van der Waals surface area contributed by atoms with Gasteiger partial charge in [0.15, 0.2) is 0 Å². The van der Waals surface area contributed by atoms with E-state index in [4.69, 9.17) is 9.47 Å². The van der Waals surface area contributed by atoms with E-state index in [1.54, 1.807) is 6.07 Å². The van der Waals surface area contributed by atoms with Gasteiger partial charge in [0.05, 0.1) is 30.3 Å². The summed E-state index contributed by atoms with van der Waals surface area (Å²) < 4.78 is 11.0. The second-order valence-electron chi connectivity index (χ2n) is 5.20. The lowest BCUT2D eigenvalue weighted by Gasteiger charge is -2.22. The Balaban J connectivity index is 1.92. The Morgan fingerprint density at radius 2 is 2.10 bits per heavy atom. The molecule has 1 heterocycles. The van der Waals surface area contributed by atoms with Crippen LogP contribution in [0.4, 0.5) is 5.69 Å². The topological polar surface area (TPSA) is 73.6 Å². The van der Waals surface area contributed by atoms with Gasteiger partial charge in [-0.3, -0.25) is 10.1 Å². The lowest BCUT2D eigenvalue weighted by atomic mass is 9.97. The molecule has 0 amide bonds. The molecule has 2 rings (SSSR count). The van der Waals surface area contributed by atoms with Crippen LogP contribution in [0.1, 0.15) is 26.2 Å². The summed E-state index contributed by atoms with van der Waals surface area (Å²) in [6.07, 6.45) is 3.38. The first-order valence-corrected chi connectivity index (χ1v) is 7.45. The largest absolute Gasteiger partial charge is 0.493 e. The fourth-order valence-corrected chi connectivity index (χ4v) is 2.51. The number of piperidine rings is 1. The van der Waals surface area contributed by atoms with E-state index in [0.717, 1.165) is 19.5 Å². The maximum absolute atomic E-state index is 10.9. The van der Waals surface area contributed by atoms with Crippen LogP contribution in [0.5, 0.6) is 11.5 Å². The first-order valence-electron chi connectivity index (χ1n) is 7.45. The number of nitro benzene ring substituents is 1. The number of hydrogen-bond donors (Lipinski definition) is 1. The highest BCUT2D eigenvalue weighted by Gasteiger charge is 2.14. The van der Waals surface area contributed by atoms with Crippen LogP contribution in [0.25, 0.3) is 0 Å². The minimum Gasteiger partial charge on any atom is -0.493 e. The fourth-order valence-electron chi connectivity index (χ4n) is 2.51. The Labute approximate surface area is 124 Å². The van der Waals surface area contributed by atoms with Gasteiger partial charge in [-0.1, -0.05) is 0 Å². The van der Waals surface area contributed by atoms with Crippen molar-refractivity contribution in [1.29, 1.82) is 0 Å². The molecule has 1 saturated heterocycles. The van der Waals surface area contributed by atoms with Crippen molar-refractivity contribution in [2.24, 2.45) is 5.92 Å². The molecule has 6 heteroatoms. The van der Waals surface area contributed by atoms with Crippen molar-refractivity contribution in [3.63, 3.8) is 0 Å². The van der Waals surface area contributed by atoms with Crippen LogP contribution in [0.3, 0.4) is 0 Å². The number of ether oxygens (including phenoxy) is 2. The molecule has 0 saturated carbocycles. The average molecular weight is 294 g/mol. The smallest absolute Gasteiger partial charge is 0.276 e. The molecule has 0 aliphatic carbocycles. The lowest BCUT2D eigenvalue weighted by Crippen LogP contribution is -2.30. The maximum Gasteiger partial charge on any atom is 0.276 e. The van der Waals surface area contributed by atoms with Crippen LogP contribution < -0.4 is 14.8 Å². The average Bonchev–Trinajstić information content (AvgIpc) is 2.48. The molecule has 1 unspecified atom stereocenters. The molecule has 1 aromatic rings. The van der Waals surface area contributed by atoms with E-state index in [1.165, 1.54) is 25.0 Å². The van der Waals surface area contributed by atoms with Crippen LogP contribution >= 0.6 is 0 Å². The van der Waals surface area contributed by atoms with Crippen molar-refractivity contribution < 1.29 is 14.4 Å². The van der Waals surface area contributed by atoms with Gasteiger partial charge >= 0.3 is 0 Å². The summed E-state index contributed by atoms with van der Waals surface area (Å²) in [5, 5.41) is 14.3. The van der Waals surface area contributed by atoms with Crippen LogP contribution in [0.15, 0.2) is 18.2 Å². The first kappa shape index (κ1) is 15.6. The first-order chi connectivity index (χ1) is 10.2. The SMILES string of the molecule is CCOc1cc(OCCC2CCCNC2)cc([N+](=O)[O-])c1. The molecule has 1 N–H and O–H groups in total. The predicted octanol–water partition coefficient (Wildman–Crippen LogP) is 2.76. The summed E-state index contributed by atoms with van der Waals surface area (Å²) in [6.45, 7) is 5.01. The molecule has 0 radical (unpaired) electrons. The zero-order chi connectivity index (χ0) is 15.1. The van der Waals surface area contributed by atoms with E-state index in [1.807, 2.05) is 6.92 Å². The second-order valence-corrected chi connectivity index (χ2v) is 5.20. The third-order valence-corrected chi connectivity index (χ3v) is 3.58. The van der Waals surface area contributed by atoms with Crippen molar-refractivity contribution in [3.05, 3.63) is 28.3 Å². The van der Waals surface area contributed by atoms with E-state index >= 15 is 0 Å². The quantitative estimate of drug-likeness (QED) is 0.618. The van der Waals surface area contributed by atoms with Gasteiger partial charge in [-0.2, -0.15) is 0 Å². The summed E-state index contributed by atoms with van der Waals surface area (Å²) in [5.41, 5.74) is -0.00437. The van der Waals surface area contributed by atoms with Gasteiger partial charge in [-0.25, -0.2) is 0 Å². The number of non-ortho nitro benzene ring substituents is 1. The van der Waals surface area contributed by atoms with Crippen LogP contribution in [0.2, 0.25) is 0 Å². The number of nitrogens with zero attached hydrogens (tertiary/aromatic N) is 1. The van der Waals surface area contributed by atoms with Crippen LogP contribution in [-0.4, -0.2) is 31.2 Å². The Bertz CT molecular complexity index is 473. The molecular weight excluding hydrogens is 272 g/mol. The Morgan fingerprint density at radius 3 is 2.71 bits per heavy atom. The van der Waals surface area contributed by atoms with Crippen LogP contribution in [-0.2, 0) is 0 Å². The zero-order valence-corrected chi connectivity index (χ0v) is 12.3. The number of rotatable bonds is 7. The van der Waals surface area contributed by atoms with Crippen molar-refractivity contribution in [2.75, 3.05) is 26.3 Å². The van der Waals surface area contributed by atoms with Crippen LogP contribution in [0, 0.1) is 16.0 Å². The molecular formula is C15H22N2O4. The molecule has 6 nitrogen and oxygen atoms in total. The standard InChI is InChI=1S/C15H22N2O4/c1-2-20-14-8-13(17(18)19)9-15(10-14)21-7-5-12-4-3-6-16-11-12/h8-10,12,16H,2-7,11H2,1H3. The highest BCUT2D eigenvalue weighted by atomic mass is 16.6. The summed E-state index contributed by atoms with van der Waals surface area (Å²) in [5.74, 6) is 1.60. The van der Waals surface area contributed by atoms with Crippen molar-refractivity contribution >= 4 is 5.69 Å². The van der Waals surface area contributed by atoms with E-state index in [0.29, 0.717) is 30.6 Å². The highest BCUT2D eigenvalue weighted by molar-refractivity contribution is 5.46. The molecule has 1 fully saturated rings. The molecule has 1 aliphatic heterocycles.